The molecule has 0 spiro atoms. The van der Waals surface area contributed by atoms with Gasteiger partial charge in [0.2, 0.25) is 5.88 Å². The summed E-state index contributed by atoms with van der Waals surface area (Å²) in [6.45, 7) is 5.26. The number of hydrogen-bond acceptors (Lipinski definition) is 6. The van der Waals surface area contributed by atoms with Gasteiger partial charge in [0.05, 0.1) is 30.9 Å². The highest BCUT2D eigenvalue weighted by Crippen LogP contribution is 2.46. The van der Waals surface area contributed by atoms with Crippen molar-refractivity contribution in [3.05, 3.63) is 69.7 Å². The van der Waals surface area contributed by atoms with E-state index in [1.165, 1.54) is 12.0 Å². The molecule has 0 saturated carbocycles. The van der Waals surface area contributed by atoms with Gasteiger partial charge in [-0.25, -0.2) is 9.78 Å². The fourth-order valence-corrected chi connectivity index (χ4v) is 5.36. The van der Waals surface area contributed by atoms with Crippen molar-refractivity contribution in [1.82, 2.24) is 9.88 Å². The zero-order chi connectivity index (χ0) is 27.0. The summed E-state index contributed by atoms with van der Waals surface area (Å²) in [5, 5.41) is 24.4. The van der Waals surface area contributed by atoms with Crippen LogP contribution < -0.4 is 4.74 Å². The van der Waals surface area contributed by atoms with Crippen LogP contribution in [-0.2, 0) is 4.74 Å². The Balaban J connectivity index is 1.81. The summed E-state index contributed by atoms with van der Waals surface area (Å²) < 4.78 is 11.3. The third-order valence-electron chi connectivity index (χ3n) is 6.67. The summed E-state index contributed by atoms with van der Waals surface area (Å²) in [6.07, 6.45) is -0.157. The lowest BCUT2D eigenvalue weighted by atomic mass is 9.70. The number of hydrogen-bond donors (Lipinski definition) is 2. The van der Waals surface area contributed by atoms with Gasteiger partial charge in [-0.15, -0.1) is 0 Å². The van der Waals surface area contributed by atoms with Crippen molar-refractivity contribution in [2.45, 2.75) is 56.8 Å². The summed E-state index contributed by atoms with van der Waals surface area (Å²) in [5.41, 5.74) is 0.156. The zero-order valence-electron chi connectivity index (χ0n) is 21.4. The molecule has 1 aliphatic heterocycles. The van der Waals surface area contributed by atoms with E-state index in [0.717, 1.165) is 10.9 Å². The number of piperidine rings is 1. The topological polar surface area (TPSA) is 92.1 Å². The molecule has 1 fully saturated rings. The summed E-state index contributed by atoms with van der Waals surface area (Å²) in [6, 6.07) is 13.9. The molecule has 0 aliphatic carbocycles. The van der Waals surface area contributed by atoms with Gasteiger partial charge in [0.25, 0.3) is 0 Å². The van der Waals surface area contributed by atoms with Gasteiger partial charge in [-0.1, -0.05) is 35.3 Å². The largest absolute Gasteiger partial charge is 0.481 e. The van der Waals surface area contributed by atoms with E-state index in [-0.39, 0.29) is 26.0 Å². The molecule has 1 aliphatic rings. The molecule has 37 heavy (non-hydrogen) atoms. The van der Waals surface area contributed by atoms with E-state index in [4.69, 9.17) is 37.7 Å². The minimum absolute atomic E-state index is 0.118. The molecular formula is C28H32Cl2N2O5. The number of methoxy groups -OCH3 is 1. The highest BCUT2D eigenvalue weighted by atomic mass is 35.5. The number of amides is 1. The average molecular weight is 547 g/mol. The summed E-state index contributed by atoms with van der Waals surface area (Å²) in [7, 11) is 1.54. The standard InChI is InChI=1S/C28H32Cl2N2O5/c1-27(2,3)37-26(34)32-12-11-28(35,15-21(32)16-33)24(17-5-7-19(29)8-6-17)22-14-18-13-20(30)9-10-23(18)31-25(22)36-4/h5-10,13-14,21,24,33,35H,11-12,15-16H2,1-4H3. The quantitative estimate of drug-likeness (QED) is 0.419. The van der Waals surface area contributed by atoms with Crippen LogP contribution >= 0.6 is 23.2 Å². The van der Waals surface area contributed by atoms with Crippen LogP contribution in [0.4, 0.5) is 4.79 Å². The van der Waals surface area contributed by atoms with Crippen molar-refractivity contribution < 1.29 is 24.5 Å². The van der Waals surface area contributed by atoms with Crippen LogP contribution in [0.3, 0.4) is 0 Å². The highest BCUT2D eigenvalue weighted by Gasteiger charge is 2.48. The predicted octanol–water partition coefficient (Wildman–Crippen LogP) is 5.81. The molecule has 1 amide bonds. The van der Waals surface area contributed by atoms with Crippen LogP contribution in [0.25, 0.3) is 10.9 Å². The monoisotopic (exact) mass is 546 g/mol. The molecule has 1 aromatic heterocycles. The third-order valence-corrected chi connectivity index (χ3v) is 7.16. The Hall–Kier alpha value is -2.58. The summed E-state index contributed by atoms with van der Waals surface area (Å²) in [5.74, 6) is -0.219. The van der Waals surface area contributed by atoms with Crippen molar-refractivity contribution in [2.24, 2.45) is 0 Å². The molecule has 4 rings (SSSR count). The summed E-state index contributed by atoms with van der Waals surface area (Å²) in [4.78, 5) is 19.1. The number of carbonyl (C=O) groups excluding carboxylic acids is 1. The van der Waals surface area contributed by atoms with E-state index in [2.05, 4.69) is 0 Å². The Morgan fingerprint density at radius 1 is 1.16 bits per heavy atom. The van der Waals surface area contributed by atoms with Crippen molar-refractivity contribution in [1.29, 1.82) is 0 Å². The second-order valence-corrected chi connectivity index (χ2v) is 11.3. The van der Waals surface area contributed by atoms with Gasteiger partial charge in [0.1, 0.15) is 5.60 Å². The maximum atomic E-state index is 12.9. The van der Waals surface area contributed by atoms with E-state index in [1.54, 1.807) is 39.0 Å². The van der Waals surface area contributed by atoms with E-state index in [1.807, 2.05) is 30.3 Å². The molecule has 198 valence electrons. The van der Waals surface area contributed by atoms with Crippen LogP contribution in [0.2, 0.25) is 10.0 Å². The van der Waals surface area contributed by atoms with Crippen LogP contribution in [0.5, 0.6) is 5.88 Å². The van der Waals surface area contributed by atoms with Gasteiger partial charge in [-0.2, -0.15) is 0 Å². The molecular weight excluding hydrogens is 515 g/mol. The Labute approximate surface area is 226 Å². The average Bonchev–Trinajstić information content (AvgIpc) is 2.83. The number of aromatic nitrogens is 1. The van der Waals surface area contributed by atoms with E-state index in [9.17, 15) is 15.0 Å². The van der Waals surface area contributed by atoms with E-state index in [0.29, 0.717) is 27.0 Å². The number of fused-ring (bicyclic) bond motifs is 1. The van der Waals surface area contributed by atoms with Crippen molar-refractivity contribution in [3.63, 3.8) is 0 Å². The maximum Gasteiger partial charge on any atom is 0.410 e. The minimum atomic E-state index is -1.35. The van der Waals surface area contributed by atoms with Gasteiger partial charge >= 0.3 is 6.09 Å². The van der Waals surface area contributed by atoms with Gasteiger partial charge in [-0.3, -0.25) is 0 Å². The lowest BCUT2D eigenvalue weighted by Gasteiger charge is -2.47. The predicted molar refractivity (Wildman–Crippen MR) is 145 cm³/mol. The number of pyridine rings is 1. The first kappa shape index (κ1) is 27.5. The van der Waals surface area contributed by atoms with Crippen molar-refractivity contribution in [3.8, 4) is 5.88 Å². The molecule has 2 heterocycles. The number of aliphatic hydroxyl groups is 2. The Morgan fingerprint density at radius 2 is 1.84 bits per heavy atom. The number of carbonyl (C=O) groups is 1. The number of ether oxygens (including phenoxy) is 2. The van der Waals surface area contributed by atoms with E-state index >= 15 is 0 Å². The first-order valence-corrected chi connectivity index (χ1v) is 12.9. The number of benzene rings is 2. The van der Waals surface area contributed by atoms with Crippen LogP contribution in [0, 0.1) is 0 Å². The molecule has 1 saturated heterocycles. The molecule has 3 atom stereocenters. The molecule has 9 heteroatoms. The maximum absolute atomic E-state index is 12.9. The van der Waals surface area contributed by atoms with Crippen LogP contribution in [-0.4, -0.2) is 63.7 Å². The number of likely N-dealkylation sites (tertiary alicyclic amines) is 1. The molecule has 3 unspecified atom stereocenters. The molecule has 0 bridgehead atoms. The lowest BCUT2D eigenvalue weighted by molar-refractivity contribution is -0.0721. The zero-order valence-corrected chi connectivity index (χ0v) is 22.9. The fourth-order valence-electron chi connectivity index (χ4n) is 5.05. The Kier molecular flexibility index (Phi) is 7.91. The Morgan fingerprint density at radius 3 is 2.46 bits per heavy atom. The number of halogens is 2. The van der Waals surface area contributed by atoms with Crippen LogP contribution in [0.1, 0.15) is 50.7 Å². The number of aliphatic hydroxyl groups excluding tert-OH is 1. The normalized spacial score (nSPS) is 21.1. The second kappa shape index (κ2) is 10.7. The molecule has 2 aromatic carbocycles. The number of nitrogens with zero attached hydrogens (tertiary/aromatic N) is 2. The van der Waals surface area contributed by atoms with Gasteiger partial charge < -0.3 is 24.6 Å². The minimum Gasteiger partial charge on any atom is -0.481 e. The van der Waals surface area contributed by atoms with Gasteiger partial charge in [-0.05, 0) is 75.6 Å². The SMILES string of the molecule is COc1nc2ccc(Cl)cc2cc1C(c1ccc(Cl)cc1)C1(O)CCN(C(=O)OC(C)(C)C)C(CO)C1. The highest BCUT2D eigenvalue weighted by molar-refractivity contribution is 6.31. The fraction of sp³-hybridized carbons (Fsp3) is 0.429. The number of rotatable bonds is 5. The molecule has 3 aromatic rings. The smallest absolute Gasteiger partial charge is 0.410 e. The molecule has 7 nitrogen and oxygen atoms in total. The first-order chi connectivity index (χ1) is 17.4. The van der Waals surface area contributed by atoms with E-state index < -0.39 is 29.3 Å². The third kappa shape index (κ3) is 5.96. The lowest BCUT2D eigenvalue weighted by Crippen LogP contribution is -2.57. The summed E-state index contributed by atoms with van der Waals surface area (Å²) >= 11 is 12.4. The van der Waals surface area contributed by atoms with Gasteiger partial charge in [0.15, 0.2) is 0 Å². The van der Waals surface area contributed by atoms with Crippen molar-refractivity contribution >= 4 is 40.2 Å². The first-order valence-electron chi connectivity index (χ1n) is 12.2. The molecule has 0 radical (unpaired) electrons. The molecule has 2 N–H and O–H groups in total. The van der Waals surface area contributed by atoms with Crippen LogP contribution in [0.15, 0.2) is 48.5 Å². The van der Waals surface area contributed by atoms with Gasteiger partial charge in [0, 0.05) is 33.5 Å². The second-order valence-electron chi connectivity index (χ2n) is 10.5. The van der Waals surface area contributed by atoms with Crippen molar-refractivity contribution in [2.75, 3.05) is 20.3 Å². The Bertz CT molecular complexity index is 1280.